The van der Waals surface area contributed by atoms with E-state index in [2.05, 4.69) is 17.9 Å². The molecule has 2 amide bonds. The first-order valence-corrected chi connectivity index (χ1v) is 12.5. The number of phenolic OH excluding ortho intramolecular Hbond substituents is 4. The van der Waals surface area contributed by atoms with E-state index < -0.39 is 94.1 Å². The number of aromatic hydroxyl groups is 4. The van der Waals surface area contributed by atoms with Gasteiger partial charge in [0.25, 0.3) is 5.91 Å². The topological polar surface area (TPSA) is 270 Å². The highest BCUT2D eigenvalue weighted by Crippen LogP contribution is 2.38. The van der Waals surface area contributed by atoms with Crippen LogP contribution in [-0.2, 0) is 19.2 Å². The van der Waals surface area contributed by atoms with Crippen LogP contribution in [0.25, 0.3) is 22.3 Å². The van der Waals surface area contributed by atoms with Crippen molar-refractivity contribution < 1.29 is 59.1 Å². The molecule has 224 valence electrons. The highest BCUT2D eigenvalue weighted by Gasteiger charge is 2.32. The molecule has 42 heavy (non-hydrogen) atoms. The second-order valence-electron chi connectivity index (χ2n) is 8.78. The molecule has 2 aromatic carbocycles. The predicted octanol–water partition coefficient (Wildman–Crippen LogP) is 0.0961. The van der Waals surface area contributed by atoms with Crippen molar-refractivity contribution in [3.05, 3.63) is 40.6 Å². The van der Waals surface area contributed by atoms with Crippen LogP contribution < -0.4 is 21.3 Å². The standard InChI is InChI=1S/C25H25N3O13S/c26-12(25(38)39)2-4-18(33)27-13(9-42)24(37)28(8-19(34)35)41-23-21(36)20-16(32)6-11(29)7-17(20)40-22(23)10-1-3-14(30)15(31)5-10/h1,3,5-7,12-13,29-32,42H,2,4,8-9,26H2,(H,27,33)(H,34,35)(H,38,39). The number of phenols is 4. The lowest BCUT2D eigenvalue weighted by Crippen LogP contribution is -2.52. The minimum atomic E-state index is -1.61. The maximum atomic E-state index is 13.5. The Morgan fingerprint density at radius 2 is 1.71 bits per heavy atom. The van der Waals surface area contributed by atoms with Gasteiger partial charge in [-0.3, -0.25) is 24.0 Å². The van der Waals surface area contributed by atoms with Gasteiger partial charge in [0.05, 0.1) is 0 Å². The lowest BCUT2D eigenvalue weighted by atomic mass is 10.1. The SMILES string of the molecule is NC(CCC(=O)NC(CS)C(=O)N(CC(=O)O)Oc1c(-c2ccc(O)c(O)c2)oc2cc(O)cc(O)c2c1=O)C(=O)O. The molecule has 0 aliphatic rings. The Kier molecular flexibility index (Phi) is 9.71. The molecule has 0 bridgehead atoms. The fraction of sp³-hybridized carbons (Fsp3) is 0.240. The maximum Gasteiger partial charge on any atom is 0.326 e. The Morgan fingerprint density at radius 3 is 2.31 bits per heavy atom. The van der Waals surface area contributed by atoms with Crippen molar-refractivity contribution in [3.8, 4) is 40.1 Å². The molecule has 0 saturated heterocycles. The third kappa shape index (κ3) is 7.12. The molecule has 3 aromatic rings. The first-order valence-electron chi connectivity index (χ1n) is 11.9. The Labute approximate surface area is 240 Å². The van der Waals surface area contributed by atoms with Gasteiger partial charge in [0.15, 0.2) is 23.8 Å². The van der Waals surface area contributed by atoms with Crippen LogP contribution in [0.15, 0.2) is 39.5 Å². The summed E-state index contributed by atoms with van der Waals surface area (Å²) in [5.74, 6) is -9.15. The van der Waals surface area contributed by atoms with Crippen molar-refractivity contribution in [2.24, 2.45) is 5.73 Å². The van der Waals surface area contributed by atoms with Gasteiger partial charge < -0.3 is 50.9 Å². The number of hydrogen-bond acceptors (Lipinski definition) is 13. The molecular formula is C25H25N3O13S. The number of thiol groups is 1. The van der Waals surface area contributed by atoms with Gasteiger partial charge in [-0.2, -0.15) is 17.7 Å². The van der Waals surface area contributed by atoms with Crippen molar-refractivity contribution in [2.75, 3.05) is 12.3 Å². The number of benzene rings is 2. The summed E-state index contributed by atoms with van der Waals surface area (Å²) in [5.41, 5.74) is 3.77. The van der Waals surface area contributed by atoms with Crippen LogP contribution in [0.2, 0.25) is 0 Å². The summed E-state index contributed by atoms with van der Waals surface area (Å²) >= 11 is 4.00. The van der Waals surface area contributed by atoms with E-state index in [9.17, 15) is 49.5 Å². The monoisotopic (exact) mass is 607 g/mol. The van der Waals surface area contributed by atoms with Crippen LogP contribution in [0, 0.1) is 0 Å². The van der Waals surface area contributed by atoms with Crippen molar-refractivity contribution in [3.63, 3.8) is 0 Å². The highest BCUT2D eigenvalue weighted by atomic mass is 32.1. The van der Waals surface area contributed by atoms with Crippen LogP contribution >= 0.6 is 12.6 Å². The molecule has 0 radical (unpaired) electrons. The number of rotatable bonds is 12. The third-order valence-electron chi connectivity index (χ3n) is 5.70. The van der Waals surface area contributed by atoms with E-state index in [-0.39, 0.29) is 28.4 Å². The number of fused-ring (bicyclic) bond motifs is 1. The zero-order valence-corrected chi connectivity index (χ0v) is 22.3. The van der Waals surface area contributed by atoms with Gasteiger partial charge in [0.2, 0.25) is 17.1 Å². The number of carbonyl (C=O) groups is 4. The highest BCUT2D eigenvalue weighted by molar-refractivity contribution is 7.80. The largest absolute Gasteiger partial charge is 0.508 e. The van der Waals surface area contributed by atoms with Gasteiger partial charge in [-0.15, -0.1) is 0 Å². The smallest absolute Gasteiger partial charge is 0.326 e. The molecule has 0 saturated carbocycles. The van der Waals surface area contributed by atoms with E-state index in [0.29, 0.717) is 0 Å². The quantitative estimate of drug-likeness (QED) is 0.0750. The van der Waals surface area contributed by atoms with E-state index >= 15 is 0 Å². The summed E-state index contributed by atoms with van der Waals surface area (Å²) in [7, 11) is 0. The van der Waals surface area contributed by atoms with Crippen molar-refractivity contribution in [2.45, 2.75) is 24.9 Å². The number of carboxylic acid groups (broad SMARTS) is 2. The van der Waals surface area contributed by atoms with Crippen molar-refractivity contribution in [1.29, 1.82) is 0 Å². The first-order chi connectivity index (χ1) is 19.7. The van der Waals surface area contributed by atoms with Gasteiger partial charge in [0.1, 0.15) is 34.6 Å². The molecule has 0 aliphatic carbocycles. The molecule has 3 rings (SSSR count). The number of nitrogens with two attached hydrogens (primary N) is 1. The fourth-order valence-electron chi connectivity index (χ4n) is 3.63. The van der Waals surface area contributed by atoms with E-state index in [0.717, 1.165) is 24.3 Å². The number of aliphatic carboxylic acids is 2. The fourth-order valence-corrected chi connectivity index (χ4v) is 3.88. The molecule has 1 aromatic heterocycles. The minimum Gasteiger partial charge on any atom is -0.508 e. The molecule has 17 heteroatoms. The zero-order chi connectivity index (χ0) is 31.3. The van der Waals surface area contributed by atoms with Gasteiger partial charge in [-0.05, 0) is 24.6 Å². The van der Waals surface area contributed by atoms with Crippen LogP contribution in [0.1, 0.15) is 12.8 Å². The van der Waals surface area contributed by atoms with Gasteiger partial charge >= 0.3 is 11.9 Å². The number of hydroxylamine groups is 2. The van der Waals surface area contributed by atoms with Gasteiger partial charge in [-0.25, -0.2) is 0 Å². The summed E-state index contributed by atoms with van der Waals surface area (Å²) in [6.07, 6.45) is -0.677. The lowest BCUT2D eigenvalue weighted by molar-refractivity contribution is -0.168. The first kappa shape index (κ1) is 31.4. The number of amides is 2. The summed E-state index contributed by atoms with van der Waals surface area (Å²) < 4.78 is 5.66. The van der Waals surface area contributed by atoms with Crippen LogP contribution in [0.4, 0.5) is 0 Å². The summed E-state index contributed by atoms with van der Waals surface area (Å²) in [4.78, 5) is 67.1. The average molecular weight is 608 g/mol. The number of nitrogens with one attached hydrogen (secondary N) is 1. The number of hydrogen-bond donors (Lipinski definition) is 9. The second-order valence-corrected chi connectivity index (χ2v) is 9.14. The van der Waals surface area contributed by atoms with Crippen molar-refractivity contribution >= 4 is 47.4 Å². The van der Waals surface area contributed by atoms with Crippen molar-refractivity contribution in [1.82, 2.24) is 10.4 Å². The molecule has 0 aliphatic heterocycles. The van der Waals surface area contributed by atoms with Crippen LogP contribution in [0.5, 0.6) is 28.7 Å². The van der Waals surface area contributed by atoms with Crippen LogP contribution in [0.3, 0.4) is 0 Å². The number of carboxylic acids is 2. The molecular weight excluding hydrogens is 582 g/mol. The summed E-state index contributed by atoms with van der Waals surface area (Å²) in [6.45, 7) is -1.18. The van der Waals surface area contributed by atoms with E-state index in [1.54, 1.807) is 0 Å². The summed E-state index contributed by atoms with van der Waals surface area (Å²) in [6, 6.07) is 2.08. The third-order valence-corrected chi connectivity index (χ3v) is 6.06. The zero-order valence-electron chi connectivity index (χ0n) is 21.4. The Hall–Kier alpha value is -5.16. The van der Waals surface area contributed by atoms with E-state index in [1.807, 2.05) is 0 Å². The lowest BCUT2D eigenvalue weighted by Gasteiger charge is -2.26. The Morgan fingerprint density at radius 1 is 1.02 bits per heavy atom. The maximum absolute atomic E-state index is 13.5. The van der Waals surface area contributed by atoms with Gasteiger partial charge in [-0.1, -0.05) is 0 Å². The van der Waals surface area contributed by atoms with E-state index in [4.69, 9.17) is 20.1 Å². The Balaban J connectivity index is 2.08. The minimum absolute atomic E-state index is 0.112. The molecule has 2 unspecified atom stereocenters. The van der Waals surface area contributed by atoms with Gasteiger partial charge in [0, 0.05) is 29.9 Å². The molecule has 9 N–H and O–H groups in total. The van der Waals surface area contributed by atoms with E-state index in [1.165, 1.54) is 6.07 Å². The van der Waals surface area contributed by atoms with Crippen LogP contribution in [-0.4, -0.2) is 83.8 Å². The number of nitrogens with zero attached hydrogens (tertiary/aromatic N) is 1. The predicted molar refractivity (Wildman–Crippen MR) is 145 cm³/mol. The number of carbonyl (C=O) groups excluding carboxylic acids is 2. The normalized spacial score (nSPS) is 12.3. The molecule has 0 spiro atoms. The molecule has 16 nitrogen and oxygen atoms in total. The Bertz CT molecular complexity index is 1610. The summed E-state index contributed by atoms with van der Waals surface area (Å²) in [5, 5.41) is 60.1. The average Bonchev–Trinajstić information content (AvgIpc) is 2.91. The molecule has 1 heterocycles. The second kappa shape index (κ2) is 13.0. The molecule has 2 atom stereocenters. The molecule has 0 fully saturated rings.